The Morgan fingerprint density at radius 2 is 1.90 bits per heavy atom. The number of hydrogen-bond acceptors (Lipinski definition) is 5. The first-order valence-corrected chi connectivity index (χ1v) is 7.13. The fourth-order valence-corrected chi connectivity index (χ4v) is 2.51. The van der Waals surface area contributed by atoms with Crippen LogP contribution < -0.4 is 5.32 Å². The molecule has 4 atom stereocenters. The van der Waals surface area contributed by atoms with Crippen LogP contribution in [-0.2, 0) is 16.0 Å². The van der Waals surface area contributed by atoms with Crippen LogP contribution in [0, 0.1) is 11.3 Å². The summed E-state index contributed by atoms with van der Waals surface area (Å²) in [5.41, 5.74) is 1.09. The normalized spacial score (nSPS) is 27.0. The van der Waals surface area contributed by atoms with Gasteiger partial charge in [-0.3, -0.25) is 5.32 Å². The van der Waals surface area contributed by atoms with Crippen LogP contribution in [-0.4, -0.2) is 35.2 Å². The summed E-state index contributed by atoms with van der Waals surface area (Å²) in [5.74, 6) is -0.796. The quantitative estimate of drug-likeness (QED) is 0.861. The second kappa shape index (κ2) is 6.54. The predicted molar refractivity (Wildman–Crippen MR) is 78.2 cm³/mol. The first kappa shape index (κ1) is 15.9. The molecule has 0 unspecified atom stereocenters. The Bertz CT molecular complexity index is 496. The van der Waals surface area contributed by atoms with Crippen LogP contribution >= 0.6 is 0 Å². The number of hydrogen-bond donors (Lipinski definition) is 2. The van der Waals surface area contributed by atoms with E-state index in [1.165, 1.54) is 0 Å². The molecule has 5 nitrogen and oxygen atoms in total. The van der Waals surface area contributed by atoms with Crippen molar-refractivity contribution in [1.29, 1.82) is 5.26 Å². The Kier molecular flexibility index (Phi) is 4.96. The summed E-state index contributed by atoms with van der Waals surface area (Å²) in [6.07, 6.45) is -1.73. The summed E-state index contributed by atoms with van der Waals surface area (Å²) in [7, 11) is 0. The average Bonchev–Trinajstić information content (AvgIpc) is 2.77. The van der Waals surface area contributed by atoms with Gasteiger partial charge in [-0.25, -0.2) is 0 Å². The Balaban J connectivity index is 2.04. The second-order valence-electron chi connectivity index (χ2n) is 5.78. The predicted octanol–water partition coefficient (Wildman–Crippen LogP) is 1.57. The molecule has 0 amide bonds. The first-order valence-electron chi connectivity index (χ1n) is 7.13. The first-order chi connectivity index (χ1) is 9.93. The number of aliphatic hydroxyl groups excluding tert-OH is 1. The lowest BCUT2D eigenvalue weighted by molar-refractivity contribution is -0.154. The fraction of sp³-hybridized carbons (Fsp3) is 0.562. The summed E-state index contributed by atoms with van der Waals surface area (Å²) in [4.78, 5) is 0. The highest BCUT2D eigenvalue weighted by atomic mass is 16.8. The zero-order chi connectivity index (χ0) is 15.5. The Morgan fingerprint density at radius 1 is 1.29 bits per heavy atom. The van der Waals surface area contributed by atoms with Gasteiger partial charge in [0.25, 0.3) is 0 Å². The minimum atomic E-state index is -0.796. The van der Waals surface area contributed by atoms with Crippen LogP contribution in [0.2, 0.25) is 0 Å². The molecule has 0 bridgehead atoms. The van der Waals surface area contributed by atoms with Crippen molar-refractivity contribution in [3.8, 4) is 6.07 Å². The molecule has 21 heavy (non-hydrogen) atoms. The van der Waals surface area contributed by atoms with Gasteiger partial charge in [0.05, 0.1) is 12.2 Å². The van der Waals surface area contributed by atoms with Crippen molar-refractivity contribution in [3.63, 3.8) is 0 Å². The van der Waals surface area contributed by atoms with Crippen molar-refractivity contribution in [3.05, 3.63) is 35.9 Å². The fourth-order valence-electron chi connectivity index (χ4n) is 2.51. The van der Waals surface area contributed by atoms with Crippen LogP contribution in [0.1, 0.15) is 26.3 Å². The highest BCUT2D eigenvalue weighted by molar-refractivity contribution is 5.15. The topological polar surface area (TPSA) is 74.5 Å². The number of aliphatic hydroxyl groups is 1. The molecule has 1 saturated heterocycles. The molecule has 1 aromatic rings. The third-order valence-corrected chi connectivity index (χ3v) is 3.48. The van der Waals surface area contributed by atoms with E-state index in [1.807, 2.05) is 30.3 Å². The van der Waals surface area contributed by atoms with Gasteiger partial charge >= 0.3 is 0 Å². The van der Waals surface area contributed by atoms with Gasteiger partial charge in [-0.05, 0) is 26.3 Å². The molecular weight excluding hydrogens is 268 g/mol. The molecule has 1 aromatic carbocycles. The smallest absolute Gasteiger partial charge is 0.164 e. The van der Waals surface area contributed by atoms with Gasteiger partial charge in [0.1, 0.15) is 18.2 Å². The molecule has 0 saturated carbocycles. The number of benzene rings is 1. The highest BCUT2D eigenvalue weighted by Gasteiger charge is 2.47. The van der Waals surface area contributed by atoms with E-state index in [9.17, 15) is 10.4 Å². The van der Waals surface area contributed by atoms with E-state index in [4.69, 9.17) is 9.47 Å². The highest BCUT2D eigenvalue weighted by Crippen LogP contribution is 2.31. The molecule has 5 heteroatoms. The summed E-state index contributed by atoms with van der Waals surface area (Å²) in [5, 5.41) is 22.4. The molecule has 2 rings (SSSR count). The SMILES string of the molecule is C[C@@H](O)[C@H]1OC(C)(C)O[C@H]1[C@@H](C#N)NCc1ccccc1. The molecule has 1 fully saturated rings. The number of nitrogens with one attached hydrogen (secondary N) is 1. The van der Waals surface area contributed by atoms with E-state index >= 15 is 0 Å². The molecule has 114 valence electrons. The largest absolute Gasteiger partial charge is 0.391 e. The molecule has 2 N–H and O–H groups in total. The van der Waals surface area contributed by atoms with E-state index in [-0.39, 0.29) is 0 Å². The molecule has 1 heterocycles. The zero-order valence-electron chi connectivity index (χ0n) is 12.6. The Morgan fingerprint density at radius 3 is 2.48 bits per heavy atom. The second-order valence-corrected chi connectivity index (χ2v) is 5.78. The van der Waals surface area contributed by atoms with Crippen molar-refractivity contribution in [2.24, 2.45) is 0 Å². The number of rotatable bonds is 5. The van der Waals surface area contributed by atoms with Crippen LogP contribution in [0.15, 0.2) is 30.3 Å². The van der Waals surface area contributed by atoms with E-state index in [0.29, 0.717) is 6.54 Å². The van der Waals surface area contributed by atoms with Crippen molar-refractivity contribution < 1.29 is 14.6 Å². The van der Waals surface area contributed by atoms with Gasteiger partial charge in [0.2, 0.25) is 0 Å². The Hall–Kier alpha value is -1.45. The number of ether oxygens (including phenoxy) is 2. The monoisotopic (exact) mass is 290 g/mol. The molecule has 0 radical (unpaired) electrons. The van der Waals surface area contributed by atoms with Gasteiger partial charge in [0, 0.05) is 6.54 Å². The maximum Gasteiger partial charge on any atom is 0.164 e. The van der Waals surface area contributed by atoms with Crippen molar-refractivity contribution >= 4 is 0 Å². The van der Waals surface area contributed by atoms with Gasteiger partial charge in [0.15, 0.2) is 5.79 Å². The molecule has 0 aliphatic carbocycles. The van der Waals surface area contributed by atoms with E-state index in [1.54, 1.807) is 20.8 Å². The van der Waals surface area contributed by atoms with Gasteiger partial charge < -0.3 is 14.6 Å². The number of nitrogens with zero attached hydrogens (tertiary/aromatic N) is 1. The molecule has 1 aliphatic rings. The third-order valence-electron chi connectivity index (χ3n) is 3.48. The van der Waals surface area contributed by atoms with E-state index in [2.05, 4.69) is 11.4 Å². The van der Waals surface area contributed by atoms with Gasteiger partial charge in [-0.15, -0.1) is 0 Å². The van der Waals surface area contributed by atoms with Crippen LogP contribution in [0.5, 0.6) is 0 Å². The lowest BCUT2D eigenvalue weighted by Crippen LogP contribution is -2.47. The van der Waals surface area contributed by atoms with Crippen molar-refractivity contribution in [2.75, 3.05) is 0 Å². The number of nitriles is 1. The van der Waals surface area contributed by atoms with Crippen LogP contribution in [0.4, 0.5) is 0 Å². The summed E-state index contributed by atoms with van der Waals surface area (Å²) >= 11 is 0. The van der Waals surface area contributed by atoms with Gasteiger partial charge in [-0.1, -0.05) is 30.3 Å². The maximum atomic E-state index is 9.84. The summed E-state index contributed by atoms with van der Waals surface area (Å²) in [6, 6.07) is 11.5. The van der Waals surface area contributed by atoms with Gasteiger partial charge in [-0.2, -0.15) is 5.26 Å². The standard InChI is InChI=1S/C16H22N2O3/c1-11(19)14-15(21-16(2,3)20-14)13(9-17)18-10-12-7-5-4-6-8-12/h4-8,11,13-15,18-19H,10H2,1-3H3/t11-,13-,14-,15+/m1/s1. The van der Waals surface area contributed by atoms with Crippen LogP contribution in [0.25, 0.3) is 0 Å². The summed E-state index contributed by atoms with van der Waals surface area (Å²) < 4.78 is 11.5. The molecule has 0 spiro atoms. The lowest BCUT2D eigenvalue weighted by Gasteiger charge is -2.24. The molecule has 0 aromatic heterocycles. The average molecular weight is 290 g/mol. The maximum absolute atomic E-state index is 9.84. The minimum absolute atomic E-state index is 0.506. The van der Waals surface area contributed by atoms with E-state index < -0.39 is 30.1 Å². The molecular formula is C16H22N2O3. The lowest BCUT2D eigenvalue weighted by atomic mass is 10.0. The third kappa shape index (κ3) is 4.02. The van der Waals surface area contributed by atoms with Crippen molar-refractivity contribution in [2.45, 2.75) is 57.5 Å². The Labute approximate surface area is 125 Å². The molecule has 1 aliphatic heterocycles. The zero-order valence-corrected chi connectivity index (χ0v) is 12.6. The van der Waals surface area contributed by atoms with E-state index in [0.717, 1.165) is 5.56 Å². The minimum Gasteiger partial charge on any atom is -0.391 e. The van der Waals surface area contributed by atoms with Crippen LogP contribution in [0.3, 0.4) is 0 Å². The summed E-state index contributed by atoms with van der Waals surface area (Å²) in [6.45, 7) is 5.78. The van der Waals surface area contributed by atoms with Crippen molar-refractivity contribution in [1.82, 2.24) is 5.32 Å².